The fourth-order valence-corrected chi connectivity index (χ4v) is 1.68. The Morgan fingerprint density at radius 2 is 2.11 bits per heavy atom. The number of rotatable bonds is 4. The second-order valence-corrected chi connectivity index (χ2v) is 4.37. The number of likely N-dealkylation sites (N-methyl/N-ethyl adjacent to an activating group) is 1. The number of hydrogen-bond donors (Lipinski definition) is 0. The van der Waals surface area contributed by atoms with E-state index in [0.29, 0.717) is 12.3 Å². The van der Waals surface area contributed by atoms with Gasteiger partial charge in [-0.25, -0.2) is 0 Å². The van der Waals surface area contributed by atoms with Crippen molar-refractivity contribution >= 4 is 5.91 Å². The predicted molar refractivity (Wildman–Crippen MR) is 64.9 cm³/mol. The summed E-state index contributed by atoms with van der Waals surface area (Å²) in [4.78, 5) is 13.5. The monoisotopic (exact) mass is 248 g/mol. The number of carbonyl (C=O) groups excluding carboxylic acids is 1. The van der Waals surface area contributed by atoms with Gasteiger partial charge in [0.2, 0.25) is 5.91 Å². The lowest BCUT2D eigenvalue weighted by Gasteiger charge is -2.14. The third-order valence-corrected chi connectivity index (χ3v) is 2.62. The summed E-state index contributed by atoms with van der Waals surface area (Å²) >= 11 is 0. The Balaban J connectivity index is 1.92. The molecule has 5 nitrogen and oxygen atoms in total. The van der Waals surface area contributed by atoms with Gasteiger partial charge in [0.1, 0.15) is 17.3 Å². The fraction of sp³-hybridized carbons (Fsp3) is 0.385. The van der Waals surface area contributed by atoms with E-state index in [2.05, 4.69) is 5.16 Å². The van der Waals surface area contributed by atoms with Gasteiger partial charge in [0.15, 0.2) is 0 Å². The first-order chi connectivity index (χ1) is 8.54. The van der Waals surface area contributed by atoms with Crippen LogP contribution in [0.1, 0.15) is 23.0 Å². The Hall–Kier alpha value is -2.04. The van der Waals surface area contributed by atoms with Gasteiger partial charge in [0.05, 0.1) is 18.7 Å². The molecule has 0 bridgehead atoms. The van der Waals surface area contributed by atoms with E-state index in [9.17, 15) is 4.79 Å². The number of nitrogens with zero attached hydrogens (tertiary/aromatic N) is 2. The molecule has 96 valence electrons. The third-order valence-electron chi connectivity index (χ3n) is 2.62. The van der Waals surface area contributed by atoms with E-state index < -0.39 is 0 Å². The van der Waals surface area contributed by atoms with Crippen molar-refractivity contribution in [2.45, 2.75) is 26.8 Å². The molecule has 0 fully saturated rings. The zero-order valence-corrected chi connectivity index (χ0v) is 10.8. The molecule has 0 atom stereocenters. The number of aromatic nitrogens is 1. The van der Waals surface area contributed by atoms with Crippen LogP contribution in [0.4, 0.5) is 0 Å². The molecule has 0 aromatic carbocycles. The molecule has 0 saturated carbocycles. The summed E-state index contributed by atoms with van der Waals surface area (Å²) < 4.78 is 10.4. The van der Waals surface area contributed by atoms with E-state index in [4.69, 9.17) is 8.94 Å². The van der Waals surface area contributed by atoms with Gasteiger partial charge in [-0.3, -0.25) is 4.79 Å². The highest BCUT2D eigenvalue weighted by atomic mass is 16.5. The molecule has 18 heavy (non-hydrogen) atoms. The van der Waals surface area contributed by atoms with Gasteiger partial charge in [0, 0.05) is 13.1 Å². The molecular formula is C13H16N2O3. The minimum atomic E-state index is -0.0276. The van der Waals surface area contributed by atoms with Gasteiger partial charge in [0.25, 0.3) is 0 Å². The summed E-state index contributed by atoms with van der Waals surface area (Å²) in [6, 6.07) is 5.52. The standard InChI is InChI=1S/C13H16N2O3/c1-9-6-12(18-14-9)7-13(16)15(3)8-11-5-4-10(2)17-11/h4-6H,7-8H2,1-3H3. The summed E-state index contributed by atoms with van der Waals surface area (Å²) in [6.45, 7) is 4.16. The smallest absolute Gasteiger partial charge is 0.230 e. The number of furan rings is 1. The lowest BCUT2D eigenvalue weighted by molar-refractivity contribution is -0.130. The van der Waals surface area contributed by atoms with Crippen LogP contribution in [-0.4, -0.2) is 23.0 Å². The van der Waals surface area contributed by atoms with Crippen LogP contribution in [0, 0.1) is 13.8 Å². The predicted octanol–water partition coefficient (Wildman–Crippen LogP) is 2.09. The Labute approximate surface area is 105 Å². The molecular weight excluding hydrogens is 232 g/mol. The lowest BCUT2D eigenvalue weighted by Crippen LogP contribution is -2.27. The van der Waals surface area contributed by atoms with Crippen LogP contribution in [0.2, 0.25) is 0 Å². The first-order valence-electron chi connectivity index (χ1n) is 5.76. The summed E-state index contributed by atoms with van der Waals surface area (Å²) in [5, 5.41) is 3.75. The summed E-state index contributed by atoms with van der Waals surface area (Å²) in [7, 11) is 1.74. The number of hydrogen-bond acceptors (Lipinski definition) is 4. The van der Waals surface area contributed by atoms with Crippen LogP contribution >= 0.6 is 0 Å². The second kappa shape index (κ2) is 5.08. The van der Waals surface area contributed by atoms with E-state index >= 15 is 0 Å². The van der Waals surface area contributed by atoms with Gasteiger partial charge < -0.3 is 13.8 Å². The molecule has 1 amide bonds. The molecule has 0 aliphatic heterocycles. The van der Waals surface area contributed by atoms with Gasteiger partial charge >= 0.3 is 0 Å². The highest BCUT2D eigenvalue weighted by molar-refractivity contribution is 5.77. The van der Waals surface area contributed by atoms with Crippen LogP contribution in [0.25, 0.3) is 0 Å². The van der Waals surface area contributed by atoms with Crippen LogP contribution < -0.4 is 0 Å². The molecule has 0 spiro atoms. The normalized spacial score (nSPS) is 10.6. The molecule has 0 aliphatic carbocycles. The molecule has 5 heteroatoms. The summed E-state index contributed by atoms with van der Waals surface area (Å²) in [5.74, 6) is 2.17. The maximum Gasteiger partial charge on any atom is 0.230 e. The van der Waals surface area contributed by atoms with Crippen molar-refractivity contribution in [2.75, 3.05) is 7.05 Å². The molecule has 0 aliphatic rings. The first-order valence-corrected chi connectivity index (χ1v) is 5.76. The molecule has 0 unspecified atom stereocenters. The molecule has 2 aromatic rings. The van der Waals surface area contributed by atoms with E-state index in [1.165, 1.54) is 0 Å². The number of aryl methyl sites for hydroxylation is 2. The molecule has 0 radical (unpaired) electrons. The van der Waals surface area contributed by atoms with Crippen molar-refractivity contribution in [1.29, 1.82) is 0 Å². The van der Waals surface area contributed by atoms with Gasteiger partial charge in [-0.1, -0.05) is 5.16 Å². The summed E-state index contributed by atoms with van der Waals surface area (Å²) in [6.07, 6.45) is 0.219. The maximum absolute atomic E-state index is 11.9. The van der Waals surface area contributed by atoms with E-state index in [-0.39, 0.29) is 12.3 Å². The SMILES string of the molecule is Cc1cc(CC(=O)N(C)Cc2ccc(C)o2)on1. The van der Waals surface area contributed by atoms with Crippen molar-refractivity contribution in [3.63, 3.8) is 0 Å². The van der Waals surface area contributed by atoms with Crippen LogP contribution in [0.5, 0.6) is 0 Å². The molecule has 0 N–H and O–H groups in total. The zero-order valence-electron chi connectivity index (χ0n) is 10.8. The number of amides is 1. The Morgan fingerprint density at radius 3 is 2.67 bits per heavy atom. The molecule has 0 saturated heterocycles. The van der Waals surface area contributed by atoms with Gasteiger partial charge in [-0.2, -0.15) is 0 Å². The Kier molecular flexibility index (Phi) is 3.50. The van der Waals surface area contributed by atoms with Crippen molar-refractivity contribution < 1.29 is 13.7 Å². The van der Waals surface area contributed by atoms with E-state index in [1.807, 2.05) is 26.0 Å². The third kappa shape index (κ3) is 3.00. The fourth-order valence-electron chi connectivity index (χ4n) is 1.68. The Morgan fingerprint density at radius 1 is 1.33 bits per heavy atom. The first kappa shape index (κ1) is 12.4. The van der Waals surface area contributed by atoms with Crippen LogP contribution in [-0.2, 0) is 17.8 Å². The second-order valence-electron chi connectivity index (χ2n) is 4.37. The van der Waals surface area contributed by atoms with Crippen molar-refractivity contribution in [3.05, 3.63) is 41.2 Å². The van der Waals surface area contributed by atoms with Crippen LogP contribution in [0.15, 0.2) is 27.1 Å². The van der Waals surface area contributed by atoms with Crippen molar-refractivity contribution in [3.8, 4) is 0 Å². The van der Waals surface area contributed by atoms with E-state index in [0.717, 1.165) is 17.2 Å². The lowest BCUT2D eigenvalue weighted by atomic mass is 10.2. The molecule has 2 heterocycles. The minimum Gasteiger partial charge on any atom is -0.464 e. The average molecular weight is 248 g/mol. The topological polar surface area (TPSA) is 59.5 Å². The van der Waals surface area contributed by atoms with Crippen molar-refractivity contribution in [1.82, 2.24) is 10.1 Å². The number of carbonyl (C=O) groups is 1. The molecule has 2 rings (SSSR count). The van der Waals surface area contributed by atoms with Gasteiger partial charge in [-0.15, -0.1) is 0 Å². The highest BCUT2D eigenvalue weighted by Gasteiger charge is 2.14. The summed E-state index contributed by atoms with van der Waals surface area (Å²) in [5.41, 5.74) is 0.780. The van der Waals surface area contributed by atoms with Gasteiger partial charge in [-0.05, 0) is 26.0 Å². The van der Waals surface area contributed by atoms with Crippen molar-refractivity contribution in [2.24, 2.45) is 0 Å². The average Bonchev–Trinajstić information content (AvgIpc) is 2.88. The maximum atomic E-state index is 11.9. The molecule has 2 aromatic heterocycles. The largest absolute Gasteiger partial charge is 0.464 e. The highest BCUT2D eigenvalue weighted by Crippen LogP contribution is 2.10. The van der Waals surface area contributed by atoms with Crippen LogP contribution in [0.3, 0.4) is 0 Å². The zero-order chi connectivity index (χ0) is 13.1. The minimum absolute atomic E-state index is 0.0276. The Bertz CT molecular complexity index is 542. The quantitative estimate of drug-likeness (QED) is 0.831. The van der Waals surface area contributed by atoms with E-state index in [1.54, 1.807) is 18.0 Å².